The number of carbonyl (C=O) groups excluding carboxylic acids is 2. The number of carbonyl (C=O) groups is 3. The van der Waals surface area contributed by atoms with Crippen LogP contribution in [0.4, 0.5) is 4.79 Å². The van der Waals surface area contributed by atoms with E-state index in [-0.39, 0.29) is 36.0 Å². The third-order valence-electron chi connectivity index (χ3n) is 6.44. The molecule has 1 unspecified atom stereocenters. The molecule has 0 spiro atoms. The van der Waals surface area contributed by atoms with E-state index < -0.39 is 18.1 Å². The summed E-state index contributed by atoms with van der Waals surface area (Å²) in [7, 11) is 0. The summed E-state index contributed by atoms with van der Waals surface area (Å²) in [5.41, 5.74) is 4.45. The number of ether oxygens (including phenoxy) is 1. The van der Waals surface area contributed by atoms with Gasteiger partial charge in [0.15, 0.2) is 0 Å². The second-order valence-corrected chi connectivity index (χ2v) is 10.5. The smallest absolute Gasteiger partial charge is 0.407 e. The maximum Gasteiger partial charge on any atom is 0.407 e. The average molecular weight is 483 g/mol. The number of amides is 2. The number of fused-ring (bicyclic) bond motifs is 3. The normalized spacial score (nSPS) is 16.1. The third-order valence-corrected chi connectivity index (χ3v) is 7.90. The first-order valence-electron chi connectivity index (χ1n) is 11.7. The van der Waals surface area contributed by atoms with Crippen LogP contribution in [0.1, 0.15) is 49.7 Å². The Kier molecular flexibility index (Phi) is 7.46. The van der Waals surface area contributed by atoms with Gasteiger partial charge in [0, 0.05) is 23.6 Å². The minimum atomic E-state index is -1.02. The van der Waals surface area contributed by atoms with Crippen molar-refractivity contribution in [3.8, 4) is 11.1 Å². The van der Waals surface area contributed by atoms with Crippen LogP contribution in [0.5, 0.6) is 0 Å². The Bertz CT molecular complexity index is 1020. The Morgan fingerprint density at radius 3 is 2.26 bits per heavy atom. The van der Waals surface area contributed by atoms with Crippen LogP contribution < -0.4 is 10.6 Å². The molecular formula is C26H30N2O5S. The maximum absolute atomic E-state index is 12.8. The number of hydrogen-bond donors (Lipinski definition) is 3. The van der Waals surface area contributed by atoms with E-state index in [4.69, 9.17) is 9.84 Å². The topological polar surface area (TPSA) is 105 Å². The molecule has 0 aliphatic heterocycles. The minimum absolute atomic E-state index is 0.000712. The molecule has 4 rings (SSSR count). The van der Waals surface area contributed by atoms with E-state index >= 15 is 0 Å². The summed E-state index contributed by atoms with van der Waals surface area (Å²) in [5.74, 6) is -0.522. The third kappa shape index (κ3) is 5.55. The molecule has 3 N–H and O–H groups in total. The van der Waals surface area contributed by atoms with E-state index in [0.29, 0.717) is 6.54 Å². The number of rotatable bonds is 11. The Morgan fingerprint density at radius 1 is 1.09 bits per heavy atom. The van der Waals surface area contributed by atoms with Crippen molar-refractivity contribution in [1.29, 1.82) is 0 Å². The molecule has 34 heavy (non-hydrogen) atoms. The van der Waals surface area contributed by atoms with Gasteiger partial charge in [-0.15, -0.1) is 0 Å². The maximum atomic E-state index is 12.8. The van der Waals surface area contributed by atoms with Gasteiger partial charge in [0.05, 0.1) is 0 Å². The summed E-state index contributed by atoms with van der Waals surface area (Å²) in [6, 6.07) is 15.1. The summed E-state index contributed by atoms with van der Waals surface area (Å²) in [6.07, 6.45) is 1.14. The van der Waals surface area contributed by atoms with Crippen LogP contribution in [0.25, 0.3) is 11.1 Å². The van der Waals surface area contributed by atoms with Crippen molar-refractivity contribution in [1.82, 2.24) is 10.6 Å². The van der Waals surface area contributed by atoms with Crippen LogP contribution in [0.3, 0.4) is 0 Å². The molecule has 8 heteroatoms. The Hall–Kier alpha value is -3.00. The number of carboxylic acids is 1. The molecule has 0 bridgehead atoms. The van der Waals surface area contributed by atoms with Crippen molar-refractivity contribution in [3.05, 3.63) is 59.7 Å². The van der Waals surface area contributed by atoms with E-state index in [1.165, 1.54) is 0 Å². The van der Waals surface area contributed by atoms with E-state index in [1.807, 2.05) is 48.2 Å². The number of hydrogen-bond acceptors (Lipinski definition) is 5. The van der Waals surface area contributed by atoms with Crippen molar-refractivity contribution in [2.45, 2.75) is 49.3 Å². The summed E-state index contributed by atoms with van der Waals surface area (Å²) < 4.78 is 5.62. The van der Waals surface area contributed by atoms with Crippen molar-refractivity contribution in [2.24, 2.45) is 0 Å². The van der Waals surface area contributed by atoms with Crippen LogP contribution in [-0.4, -0.2) is 52.8 Å². The van der Waals surface area contributed by atoms with Crippen molar-refractivity contribution >= 4 is 29.7 Å². The molecule has 180 valence electrons. The molecule has 1 saturated carbocycles. The van der Waals surface area contributed by atoms with Crippen LogP contribution in [0.15, 0.2) is 48.5 Å². The van der Waals surface area contributed by atoms with Crippen molar-refractivity contribution in [2.75, 3.05) is 18.9 Å². The average Bonchev–Trinajstić information content (AvgIpc) is 3.53. The van der Waals surface area contributed by atoms with Crippen LogP contribution in [0, 0.1) is 0 Å². The molecule has 0 radical (unpaired) electrons. The molecule has 7 nitrogen and oxygen atoms in total. The Morgan fingerprint density at radius 2 is 1.71 bits per heavy atom. The van der Waals surface area contributed by atoms with Crippen LogP contribution >= 0.6 is 11.8 Å². The lowest BCUT2D eigenvalue weighted by atomic mass is 9.98. The van der Waals surface area contributed by atoms with Gasteiger partial charge in [-0.1, -0.05) is 55.5 Å². The highest BCUT2D eigenvalue weighted by Crippen LogP contribution is 2.47. The van der Waals surface area contributed by atoms with E-state index in [9.17, 15) is 14.4 Å². The largest absolute Gasteiger partial charge is 0.481 e. The molecule has 0 saturated heterocycles. The van der Waals surface area contributed by atoms with Gasteiger partial charge in [-0.3, -0.25) is 9.59 Å². The summed E-state index contributed by atoms with van der Waals surface area (Å²) in [6.45, 7) is 2.73. The van der Waals surface area contributed by atoms with Gasteiger partial charge in [0.1, 0.15) is 12.6 Å². The highest BCUT2D eigenvalue weighted by molar-refractivity contribution is 8.00. The fourth-order valence-electron chi connectivity index (χ4n) is 4.51. The molecule has 1 atom stereocenters. The minimum Gasteiger partial charge on any atom is -0.481 e. The first kappa shape index (κ1) is 24.1. The molecular weight excluding hydrogens is 452 g/mol. The first-order valence-corrected chi connectivity index (χ1v) is 12.7. The number of carboxylic acid groups (broad SMARTS) is 1. The van der Waals surface area contributed by atoms with E-state index in [2.05, 4.69) is 29.7 Å². The van der Waals surface area contributed by atoms with Gasteiger partial charge < -0.3 is 20.5 Å². The first-order chi connectivity index (χ1) is 16.4. The number of thioether (sulfide) groups is 1. The predicted octanol–water partition coefficient (Wildman–Crippen LogP) is 4.16. The predicted molar refractivity (Wildman–Crippen MR) is 132 cm³/mol. The van der Waals surface area contributed by atoms with E-state index in [0.717, 1.165) is 40.8 Å². The molecule has 2 aromatic carbocycles. The van der Waals surface area contributed by atoms with Gasteiger partial charge >= 0.3 is 12.1 Å². The van der Waals surface area contributed by atoms with Gasteiger partial charge in [-0.05, 0) is 47.3 Å². The lowest BCUT2D eigenvalue weighted by Crippen LogP contribution is -2.48. The fourth-order valence-corrected chi connectivity index (χ4v) is 5.69. The highest BCUT2D eigenvalue weighted by Gasteiger charge is 2.43. The number of aliphatic carboxylic acids is 1. The Labute approximate surface area is 203 Å². The van der Waals surface area contributed by atoms with Gasteiger partial charge in [0.2, 0.25) is 5.91 Å². The van der Waals surface area contributed by atoms with Gasteiger partial charge in [0.25, 0.3) is 0 Å². The van der Waals surface area contributed by atoms with Crippen molar-refractivity contribution in [3.63, 3.8) is 0 Å². The quantitative estimate of drug-likeness (QED) is 0.444. The molecule has 1 fully saturated rings. The van der Waals surface area contributed by atoms with Crippen LogP contribution in [0.2, 0.25) is 0 Å². The zero-order valence-corrected chi connectivity index (χ0v) is 20.0. The SMILES string of the molecule is CCSC1(CNC(=O)C(CCC(=O)O)NC(=O)OCC2c3ccccc3-c3ccccc32)CC1. The number of alkyl carbamates (subject to hydrolysis) is 1. The molecule has 0 heterocycles. The highest BCUT2D eigenvalue weighted by atomic mass is 32.2. The van der Waals surface area contributed by atoms with Gasteiger partial charge in [-0.25, -0.2) is 4.79 Å². The van der Waals surface area contributed by atoms with Crippen LogP contribution in [-0.2, 0) is 14.3 Å². The fraction of sp³-hybridized carbons (Fsp3) is 0.423. The molecule has 2 aliphatic rings. The summed E-state index contributed by atoms with van der Waals surface area (Å²) in [4.78, 5) is 36.5. The monoisotopic (exact) mass is 482 g/mol. The zero-order chi connectivity index (χ0) is 24.1. The number of benzene rings is 2. The Balaban J connectivity index is 1.37. The standard InChI is InChI=1S/C26H30N2O5S/c1-2-34-26(13-14-26)16-27-24(31)22(11-12-23(29)30)28-25(32)33-15-21-19-9-5-3-7-17(19)18-8-4-6-10-20(18)21/h3-10,21-22H,2,11-16H2,1H3,(H,27,31)(H,28,32)(H,29,30). The molecule has 2 amide bonds. The molecule has 2 aromatic rings. The molecule has 0 aromatic heterocycles. The summed E-state index contributed by atoms with van der Waals surface area (Å²) >= 11 is 1.82. The second kappa shape index (κ2) is 10.5. The lowest BCUT2D eigenvalue weighted by molar-refractivity contribution is -0.137. The van der Waals surface area contributed by atoms with Crippen molar-refractivity contribution < 1.29 is 24.2 Å². The van der Waals surface area contributed by atoms with Gasteiger partial charge in [-0.2, -0.15) is 11.8 Å². The van der Waals surface area contributed by atoms with E-state index in [1.54, 1.807) is 0 Å². The molecule has 2 aliphatic carbocycles. The summed E-state index contributed by atoms with van der Waals surface area (Å²) in [5, 5.41) is 14.6. The number of nitrogens with one attached hydrogen (secondary N) is 2. The lowest BCUT2D eigenvalue weighted by Gasteiger charge is -2.21. The zero-order valence-electron chi connectivity index (χ0n) is 19.2. The second-order valence-electron chi connectivity index (χ2n) is 8.79.